The molecule has 0 atom stereocenters. The van der Waals surface area contributed by atoms with Crippen LogP contribution >= 0.6 is 0 Å². The van der Waals surface area contributed by atoms with Crippen molar-refractivity contribution in [2.45, 2.75) is 44.8 Å². The van der Waals surface area contributed by atoms with Crippen molar-refractivity contribution >= 4 is 25.0 Å². The van der Waals surface area contributed by atoms with Crippen molar-refractivity contribution in [1.82, 2.24) is 10.6 Å². The molecule has 3 aromatic rings. The van der Waals surface area contributed by atoms with Gasteiger partial charge in [-0.1, -0.05) is 66.7 Å². The van der Waals surface area contributed by atoms with Gasteiger partial charge in [-0.05, 0) is 73.1 Å². The molecule has 218 valence electrons. The zero-order valence-electron chi connectivity index (χ0n) is 25.0. The van der Waals surface area contributed by atoms with Crippen LogP contribution in [-0.4, -0.2) is 63.7 Å². The Labute approximate surface area is 249 Å². The molecule has 2 saturated heterocycles. The molecule has 1 aliphatic carbocycles. The minimum Gasteiger partial charge on any atom is -0.449 e. The number of benzene rings is 3. The summed E-state index contributed by atoms with van der Waals surface area (Å²) in [6.45, 7) is 12.6. The average Bonchev–Trinajstić information content (AvgIpc) is 3.43. The summed E-state index contributed by atoms with van der Waals surface area (Å²) in [5.41, 5.74) is 6.86. The minimum atomic E-state index is -0.586. The van der Waals surface area contributed by atoms with Gasteiger partial charge in [0, 0.05) is 44.3 Å². The molecule has 2 heterocycles. The second kappa shape index (κ2) is 11.6. The number of hydrogen-bond acceptors (Lipinski definition) is 6. The van der Waals surface area contributed by atoms with Gasteiger partial charge in [-0.3, -0.25) is 0 Å². The highest BCUT2D eigenvalue weighted by Gasteiger charge is 2.52. The smallest absolute Gasteiger partial charge is 0.449 e. The van der Waals surface area contributed by atoms with Gasteiger partial charge in [-0.25, -0.2) is 4.79 Å². The minimum absolute atomic E-state index is 0.00968. The van der Waals surface area contributed by atoms with Crippen molar-refractivity contribution in [2.75, 3.05) is 44.2 Å². The number of anilines is 1. The van der Waals surface area contributed by atoms with Crippen molar-refractivity contribution in [2.24, 2.45) is 0 Å². The molecule has 0 radical (unpaired) electrons. The molecule has 2 N–H and O–H groups in total. The predicted octanol–water partition coefficient (Wildman–Crippen LogP) is 5.65. The predicted molar refractivity (Wildman–Crippen MR) is 169 cm³/mol. The van der Waals surface area contributed by atoms with Gasteiger partial charge < -0.3 is 29.6 Å². The Hall–Kier alpha value is -3.59. The van der Waals surface area contributed by atoms with Crippen molar-refractivity contribution in [1.29, 1.82) is 0 Å². The van der Waals surface area contributed by atoms with Crippen molar-refractivity contribution < 1.29 is 18.8 Å². The van der Waals surface area contributed by atoms with Gasteiger partial charge >= 0.3 is 13.2 Å². The first-order valence-corrected chi connectivity index (χ1v) is 14.9. The van der Waals surface area contributed by atoms with E-state index in [1.807, 2.05) is 58.0 Å². The topological polar surface area (TPSA) is 72.1 Å². The molecular weight excluding hydrogens is 525 g/mol. The summed E-state index contributed by atoms with van der Waals surface area (Å²) >= 11 is 0. The first kappa shape index (κ1) is 28.5. The van der Waals surface area contributed by atoms with Crippen LogP contribution in [0, 0.1) is 0 Å². The van der Waals surface area contributed by atoms with Gasteiger partial charge in [0.15, 0.2) is 0 Å². The third kappa shape index (κ3) is 5.71. The number of hydrogen-bond donors (Lipinski definition) is 2. The highest BCUT2D eigenvalue weighted by molar-refractivity contribution is 6.56. The summed E-state index contributed by atoms with van der Waals surface area (Å²) in [7, 11) is -0.586. The number of carbonyl (C=O) groups is 1. The molecule has 2 aliphatic heterocycles. The molecule has 7 nitrogen and oxygen atoms in total. The lowest BCUT2D eigenvalue weighted by atomic mass is 9.77. The second-order valence-corrected chi connectivity index (χ2v) is 12.3. The molecule has 2 fully saturated rings. The van der Waals surface area contributed by atoms with Crippen LogP contribution in [0.3, 0.4) is 0 Å². The van der Waals surface area contributed by atoms with E-state index in [9.17, 15) is 4.79 Å². The molecule has 8 heteroatoms. The van der Waals surface area contributed by atoms with E-state index in [1.54, 1.807) is 0 Å². The zero-order valence-corrected chi connectivity index (χ0v) is 25.0. The third-order valence-electron chi connectivity index (χ3n) is 9.06. The summed E-state index contributed by atoms with van der Waals surface area (Å²) in [6, 6.07) is 25.2. The maximum Gasteiger partial charge on any atom is 0.492 e. The van der Waals surface area contributed by atoms with E-state index in [0.717, 1.165) is 37.2 Å². The Morgan fingerprint density at radius 2 is 1.50 bits per heavy atom. The van der Waals surface area contributed by atoms with Crippen LogP contribution in [0.1, 0.15) is 50.3 Å². The Kier molecular flexibility index (Phi) is 7.88. The highest BCUT2D eigenvalue weighted by atomic mass is 16.7. The zero-order chi connectivity index (χ0) is 29.3. The Morgan fingerprint density at radius 3 is 2.10 bits per heavy atom. The second-order valence-electron chi connectivity index (χ2n) is 12.3. The number of ether oxygens (including phenoxy) is 1. The fourth-order valence-corrected chi connectivity index (χ4v) is 5.94. The third-order valence-corrected chi connectivity index (χ3v) is 9.06. The van der Waals surface area contributed by atoms with Crippen LogP contribution < -0.4 is 15.5 Å². The number of fused-ring (bicyclic) bond motifs is 3. The van der Waals surface area contributed by atoms with Crippen LogP contribution in [0.4, 0.5) is 10.5 Å². The molecule has 0 bridgehead atoms. The summed E-state index contributed by atoms with van der Waals surface area (Å²) < 4.78 is 18.5. The van der Waals surface area contributed by atoms with Gasteiger partial charge in [-0.2, -0.15) is 0 Å². The number of piperazine rings is 1. The fourth-order valence-electron chi connectivity index (χ4n) is 5.94. The first-order valence-electron chi connectivity index (χ1n) is 14.9. The van der Waals surface area contributed by atoms with Crippen LogP contribution in [-0.2, 0) is 14.0 Å². The SMILES string of the molecule is CC1(C)OB(C(=Cc2ccc(N3CCNCC3)cc2)CNC(=O)OCC2c3ccccc3-c3ccccc32)OC1(C)C. The molecule has 0 unspecified atom stereocenters. The molecule has 0 saturated carbocycles. The normalized spacial score (nSPS) is 19.4. The van der Waals surface area contributed by atoms with E-state index in [0.29, 0.717) is 0 Å². The standard InChI is InChI=1S/C34H40BN3O4/c1-33(2)34(3,4)42-35(41-33)25(21-24-13-15-26(16-14-24)38-19-17-36-18-20-38)22-37-32(39)40-23-31-29-11-7-5-9-27(29)28-10-6-8-12-30(28)31/h5-16,21,31,36H,17-20,22-23H2,1-4H3,(H,37,39). The number of rotatable bonds is 7. The summed E-state index contributed by atoms with van der Waals surface area (Å²) in [5.74, 6) is 0.00968. The number of carbonyl (C=O) groups excluding carboxylic acids is 1. The monoisotopic (exact) mass is 565 g/mol. The lowest BCUT2D eigenvalue weighted by Gasteiger charge is -2.32. The first-order chi connectivity index (χ1) is 20.2. The van der Waals surface area contributed by atoms with Crippen molar-refractivity contribution in [3.63, 3.8) is 0 Å². The lowest BCUT2D eigenvalue weighted by Crippen LogP contribution is -2.43. The molecule has 6 rings (SSSR count). The maximum atomic E-state index is 13.0. The number of nitrogens with one attached hydrogen (secondary N) is 2. The highest BCUT2D eigenvalue weighted by Crippen LogP contribution is 2.44. The van der Waals surface area contributed by atoms with E-state index in [4.69, 9.17) is 14.0 Å². The average molecular weight is 566 g/mol. The largest absolute Gasteiger partial charge is 0.492 e. The summed E-state index contributed by atoms with van der Waals surface area (Å²) in [5, 5.41) is 6.36. The van der Waals surface area contributed by atoms with Crippen LogP contribution in [0.15, 0.2) is 78.3 Å². The van der Waals surface area contributed by atoms with Crippen LogP contribution in [0.2, 0.25) is 0 Å². The van der Waals surface area contributed by atoms with Gasteiger partial charge in [0.05, 0.1) is 11.2 Å². The lowest BCUT2D eigenvalue weighted by molar-refractivity contribution is 0.00578. The molecule has 3 aliphatic rings. The molecule has 1 amide bonds. The van der Waals surface area contributed by atoms with Gasteiger partial charge in [0.25, 0.3) is 0 Å². The van der Waals surface area contributed by atoms with Crippen molar-refractivity contribution in [3.05, 3.63) is 95.0 Å². The molecule has 3 aromatic carbocycles. The van der Waals surface area contributed by atoms with Crippen LogP contribution in [0.5, 0.6) is 0 Å². The molecule has 0 aromatic heterocycles. The van der Waals surface area contributed by atoms with Gasteiger partial charge in [-0.15, -0.1) is 0 Å². The van der Waals surface area contributed by atoms with Gasteiger partial charge in [0.2, 0.25) is 0 Å². The number of amides is 1. The molecular formula is C34H40BN3O4. The van der Waals surface area contributed by atoms with Crippen LogP contribution in [0.25, 0.3) is 17.2 Å². The van der Waals surface area contributed by atoms with E-state index in [2.05, 4.69) is 64.1 Å². The Bertz CT molecular complexity index is 1400. The van der Waals surface area contributed by atoms with E-state index < -0.39 is 24.4 Å². The summed E-state index contributed by atoms with van der Waals surface area (Å²) in [6.07, 6.45) is 1.58. The maximum absolute atomic E-state index is 13.0. The van der Waals surface area contributed by atoms with E-state index >= 15 is 0 Å². The Morgan fingerprint density at radius 1 is 0.929 bits per heavy atom. The quantitative estimate of drug-likeness (QED) is 0.361. The van der Waals surface area contributed by atoms with Crippen molar-refractivity contribution in [3.8, 4) is 11.1 Å². The van der Waals surface area contributed by atoms with Gasteiger partial charge in [0.1, 0.15) is 6.61 Å². The summed E-state index contributed by atoms with van der Waals surface area (Å²) in [4.78, 5) is 15.4. The molecule has 0 spiro atoms. The van der Waals surface area contributed by atoms with E-state index in [-0.39, 0.29) is 19.1 Å². The molecule has 42 heavy (non-hydrogen) atoms. The fraction of sp³-hybridized carbons (Fsp3) is 0.382. The van der Waals surface area contributed by atoms with E-state index in [1.165, 1.54) is 27.9 Å². The number of alkyl carbamates (subject to hydrolysis) is 1. The Balaban J connectivity index is 1.15. The number of nitrogens with zero attached hydrogens (tertiary/aromatic N) is 1.